The standard InChI is InChI=1S/C23H22N4O2S/c1-2-26-14-18(13-24-26)15-27-22(28)20(25-23(27)30)12-19-10-6-7-11-21(19)29-16-17-8-4-3-5-9-17/h3-14H,2,15-16H2,1H3,(H,25,30)/b20-12+. The third-order valence-corrected chi connectivity index (χ3v) is 5.09. The van der Waals surface area contributed by atoms with E-state index in [-0.39, 0.29) is 5.91 Å². The van der Waals surface area contributed by atoms with Crippen LogP contribution in [0.5, 0.6) is 5.75 Å². The number of para-hydroxylation sites is 1. The highest BCUT2D eigenvalue weighted by Gasteiger charge is 2.31. The fraction of sp³-hybridized carbons (Fsp3) is 0.174. The van der Waals surface area contributed by atoms with Crippen LogP contribution in [0.2, 0.25) is 0 Å². The third kappa shape index (κ3) is 4.41. The van der Waals surface area contributed by atoms with Crippen molar-refractivity contribution in [2.75, 3.05) is 0 Å². The third-order valence-electron chi connectivity index (χ3n) is 4.77. The van der Waals surface area contributed by atoms with Gasteiger partial charge in [-0.25, -0.2) is 0 Å². The van der Waals surface area contributed by atoms with Gasteiger partial charge in [-0.05, 0) is 36.8 Å². The van der Waals surface area contributed by atoms with Gasteiger partial charge in [-0.15, -0.1) is 0 Å². The Kier molecular flexibility index (Phi) is 5.90. The van der Waals surface area contributed by atoms with Crippen molar-refractivity contribution in [3.8, 4) is 5.75 Å². The number of hydrogen-bond acceptors (Lipinski definition) is 4. The Labute approximate surface area is 180 Å². The first-order valence-electron chi connectivity index (χ1n) is 9.75. The van der Waals surface area contributed by atoms with E-state index in [1.165, 1.54) is 0 Å². The lowest BCUT2D eigenvalue weighted by molar-refractivity contribution is -0.122. The molecule has 0 bridgehead atoms. The van der Waals surface area contributed by atoms with Gasteiger partial charge >= 0.3 is 0 Å². The molecule has 7 heteroatoms. The van der Waals surface area contributed by atoms with Crippen molar-refractivity contribution in [1.82, 2.24) is 20.0 Å². The summed E-state index contributed by atoms with van der Waals surface area (Å²) in [6, 6.07) is 17.6. The molecule has 2 aromatic carbocycles. The van der Waals surface area contributed by atoms with Gasteiger partial charge in [0.25, 0.3) is 5.91 Å². The molecule has 152 valence electrons. The minimum Gasteiger partial charge on any atom is -0.488 e. The minimum atomic E-state index is -0.165. The summed E-state index contributed by atoms with van der Waals surface area (Å²) in [6.07, 6.45) is 5.46. The first-order valence-corrected chi connectivity index (χ1v) is 10.2. The van der Waals surface area contributed by atoms with Crippen molar-refractivity contribution in [2.24, 2.45) is 0 Å². The van der Waals surface area contributed by atoms with Crippen molar-refractivity contribution < 1.29 is 9.53 Å². The predicted octanol–water partition coefficient (Wildman–Crippen LogP) is 3.74. The SMILES string of the molecule is CCn1cc(CN2C(=O)/C(=C\c3ccccc3OCc3ccccc3)NC2=S)cn1. The van der Waals surface area contributed by atoms with Crippen LogP contribution < -0.4 is 10.1 Å². The van der Waals surface area contributed by atoms with Crippen LogP contribution in [0, 0.1) is 0 Å². The normalized spacial score (nSPS) is 15.0. The lowest BCUT2D eigenvalue weighted by Crippen LogP contribution is -2.29. The molecule has 0 radical (unpaired) electrons. The second-order valence-corrected chi connectivity index (χ2v) is 7.28. The topological polar surface area (TPSA) is 59.4 Å². The average Bonchev–Trinajstić information content (AvgIpc) is 3.34. The highest BCUT2D eigenvalue weighted by molar-refractivity contribution is 7.80. The number of carbonyl (C=O) groups excluding carboxylic acids is 1. The summed E-state index contributed by atoms with van der Waals surface area (Å²) in [6.45, 7) is 3.63. The molecule has 4 rings (SSSR count). The Bertz CT molecular complexity index is 1090. The molecule has 0 unspecified atom stereocenters. The van der Waals surface area contributed by atoms with Crippen molar-refractivity contribution in [1.29, 1.82) is 0 Å². The van der Waals surface area contributed by atoms with Gasteiger partial charge < -0.3 is 10.1 Å². The van der Waals surface area contributed by atoms with E-state index in [9.17, 15) is 4.79 Å². The molecule has 3 aromatic rings. The predicted molar refractivity (Wildman–Crippen MR) is 119 cm³/mol. The van der Waals surface area contributed by atoms with Crippen molar-refractivity contribution in [3.05, 3.63) is 89.4 Å². The largest absolute Gasteiger partial charge is 0.488 e. The maximum Gasteiger partial charge on any atom is 0.276 e. The number of ether oxygens (including phenoxy) is 1. The van der Waals surface area contributed by atoms with E-state index < -0.39 is 0 Å². The smallest absolute Gasteiger partial charge is 0.276 e. The van der Waals surface area contributed by atoms with Gasteiger partial charge in [0.15, 0.2) is 5.11 Å². The van der Waals surface area contributed by atoms with Crippen LogP contribution in [0.25, 0.3) is 6.08 Å². The Balaban J connectivity index is 1.50. The number of rotatable bonds is 7. The second-order valence-electron chi connectivity index (χ2n) is 6.90. The molecule has 1 saturated heterocycles. The number of benzene rings is 2. The Morgan fingerprint density at radius 2 is 1.87 bits per heavy atom. The summed E-state index contributed by atoms with van der Waals surface area (Å²) in [5.74, 6) is 0.541. The van der Waals surface area contributed by atoms with Gasteiger partial charge in [0.05, 0.1) is 12.7 Å². The molecule has 1 N–H and O–H groups in total. The zero-order valence-corrected chi connectivity index (χ0v) is 17.4. The number of aryl methyl sites for hydroxylation is 1. The molecule has 2 heterocycles. The minimum absolute atomic E-state index is 0.165. The van der Waals surface area contributed by atoms with Crippen molar-refractivity contribution in [2.45, 2.75) is 26.6 Å². The zero-order valence-electron chi connectivity index (χ0n) is 16.6. The van der Waals surface area contributed by atoms with Crippen LogP contribution in [0.4, 0.5) is 0 Å². The molecule has 1 aliphatic heterocycles. The van der Waals surface area contributed by atoms with Crippen LogP contribution in [0.15, 0.2) is 72.7 Å². The summed E-state index contributed by atoms with van der Waals surface area (Å²) < 4.78 is 7.81. The van der Waals surface area contributed by atoms with Crippen LogP contribution in [-0.2, 0) is 24.5 Å². The monoisotopic (exact) mass is 418 g/mol. The molecular weight excluding hydrogens is 396 g/mol. The molecule has 0 atom stereocenters. The van der Waals surface area contributed by atoms with Gasteiger partial charge in [-0.2, -0.15) is 5.10 Å². The van der Waals surface area contributed by atoms with E-state index in [2.05, 4.69) is 10.4 Å². The summed E-state index contributed by atoms with van der Waals surface area (Å²) in [7, 11) is 0. The number of carbonyl (C=O) groups is 1. The number of nitrogens with zero attached hydrogens (tertiary/aromatic N) is 3. The maximum atomic E-state index is 12.9. The molecule has 1 fully saturated rings. The average molecular weight is 419 g/mol. The molecule has 1 aliphatic rings. The van der Waals surface area contributed by atoms with Crippen LogP contribution in [0.1, 0.15) is 23.6 Å². The highest BCUT2D eigenvalue weighted by atomic mass is 32.1. The number of thiocarbonyl (C=S) groups is 1. The van der Waals surface area contributed by atoms with Crippen LogP contribution in [0.3, 0.4) is 0 Å². The summed E-state index contributed by atoms with van der Waals surface area (Å²) in [5, 5.41) is 7.67. The number of amides is 1. The maximum absolute atomic E-state index is 12.9. The Morgan fingerprint density at radius 3 is 2.63 bits per heavy atom. The van der Waals surface area contributed by atoms with E-state index in [1.807, 2.05) is 72.4 Å². The molecule has 0 saturated carbocycles. The lowest BCUT2D eigenvalue weighted by Gasteiger charge is -2.12. The molecule has 1 amide bonds. The number of aromatic nitrogens is 2. The quantitative estimate of drug-likeness (QED) is 0.468. The van der Waals surface area contributed by atoms with Crippen LogP contribution in [-0.4, -0.2) is 25.7 Å². The second kappa shape index (κ2) is 8.92. The van der Waals surface area contributed by atoms with Gasteiger partial charge in [-0.1, -0.05) is 48.5 Å². The fourth-order valence-electron chi connectivity index (χ4n) is 3.18. The Morgan fingerprint density at radius 1 is 1.10 bits per heavy atom. The Hall–Kier alpha value is -3.45. The molecule has 1 aromatic heterocycles. The highest BCUT2D eigenvalue weighted by Crippen LogP contribution is 2.24. The van der Waals surface area contributed by atoms with E-state index >= 15 is 0 Å². The van der Waals surface area contributed by atoms with E-state index in [0.717, 1.165) is 23.2 Å². The van der Waals surface area contributed by atoms with Gasteiger partial charge in [0.1, 0.15) is 18.1 Å². The first-order chi connectivity index (χ1) is 14.6. The lowest BCUT2D eigenvalue weighted by atomic mass is 10.1. The molecular formula is C23H22N4O2S. The zero-order chi connectivity index (χ0) is 20.9. The number of hydrogen-bond donors (Lipinski definition) is 1. The molecule has 30 heavy (non-hydrogen) atoms. The van der Waals surface area contributed by atoms with Crippen molar-refractivity contribution >= 4 is 29.3 Å². The number of nitrogens with one attached hydrogen (secondary N) is 1. The van der Waals surface area contributed by atoms with E-state index in [4.69, 9.17) is 17.0 Å². The van der Waals surface area contributed by atoms with E-state index in [1.54, 1.807) is 17.2 Å². The molecule has 0 aliphatic carbocycles. The van der Waals surface area contributed by atoms with Crippen molar-refractivity contribution in [3.63, 3.8) is 0 Å². The first kappa shape index (κ1) is 19.8. The molecule has 0 spiro atoms. The summed E-state index contributed by atoms with van der Waals surface area (Å²) >= 11 is 5.39. The summed E-state index contributed by atoms with van der Waals surface area (Å²) in [5.41, 5.74) is 3.25. The van der Waals surface area contributed by atoms with Gasteiger partial charge in [0.2, 0.25) is 0 Å². The summed E-state index contributed by atoms with van der Waals surface area (Å²) in [4.78, 5) is 14.5. The van der Waals surface area contributed by atoms with E-state index in [0.29, 0.717) is 29.7 Å². The van der Waals surface area contributed by atoms with Crippen LogP contribution >= 0.6 is 12.2 Å². The molecule has 6 nitrogen and oxygen atoms in total. The fourth-order valence-corrected chi connectivity index (χ4v) is 3.44. The van der Waals surface area contributed by atoms with Gasteiger partial charge in [0, 0.05) is 23.9 Å². The van der Waals surface area contributed by atoms with Gasteiger partial charge in [-0.3, -0.25) is 14.4 Å².